The normalized spacial score (nSPS) is 9.50. The Balaban J connectivity index is 3.05. The summed E-state index contributed by atoms with van der Waals surface area (Å²) in [5.41, 5.74) is 0.431. The molecule has 0 aromatic heterocycles. The van der Waals surface area contributed by atoms with Crippen LogP contribution in [0.1, 0.15) is 10.4 Å². The molecule has 0 aliphatic carbocycles. The number of amides is 1. The van der Waals surface area contributed by atoms with Gasteiger partial charge in [-0.2, -0.15) is 0 Å². The van der Waals surface area contributed by atoms with Gasteiger partial charge in [-0.1, -0.05) is 11.6 Å². The number of hydrogen-bond acceptors (Lipinski definition) is 2. The van der Waals surface area contributed by atoms with Gasteiger partial charge in [-0.05, 0) is 18.2 Å². The van der Waals surface area contributed by atoms with Gasteiger partial charge in [0, 0.05) is 12.6 Å². The standard InChI is InChI=1S/C8H8ClNO2/c1-10-8(12)5-2-3-7(11)6(9)4-5/h2-4,11H,1H3,(H,10,12). The first kappa shape index (κ1) is 8.87. The summed E-state index contributed by atoms with van der Waals surface area (Å²) in [7, 11) is 1.53. The quantitative estimate of drug-likeness (QED) is 0.695. The Morgan fingerprint density at radius 2 is 2.25 bits per heavy atom. The second-order valence-corrected chi connectivity index (χ2v) is 2.65. The summed E-state index contributed by atoms with van der Waals surface area (Å²) in [5, 5.41) is 11.7. The van der Waals surface area contributed by atoms with Crippen LogP contribution in [0.15, 0.2) is 18.2 Å². The molecule has 2 N–H and O–H groups in total. The molecule has 0 saturated carbocycles. The number of aromatic hydroxyl groups is 1. The molecule has 12 heavy (non-hydrogen) atoms. The van der Waals surface area contributed by atoms with Crippen molar-refractivity contribution in [2.45, 2.75) is 0 Å². The van der Waals surface area contributed by atoms with Gasteiger partial charge in [0.15, 0.2) is 0 Å². The summed E-state index contributed by atoms with van der Waals surface area (Å²) >= 11 is 5.58. The molecule has 0 atom stereocenters. The summed E-state index contributed by atoms with van der Waals surface area (Å²) in [6.07, 6.45) is 0. The molecule has 0 saturated heterocycles. The van der Waals surface area contributed by atoms with Crippen molar-refractivity contribution in [2.75, 3.05) is 7.05 Å². The van der Waals surface area contributed by atoms with Crippen molar-refractivity contribution in [3.8, 4) is 5.75 Å². The third-order valence-electron chi connectivity index (χ3n) is 1.44. The molecule has 0 bridgehead atoms. The number of phenolic OH excluding ortho intramolecular Hbond substituents is 1. The van der Waals surface area contributed by atoms with Gasteiger partial charge < -0.3 is 10.4 Å². The number of carbonyl (C=O) groups excluding carboxylic acids is 1. The summed E-state index contributed by atoms with van der Waals surface area (Å²) in [6, 6.07) is 4.29. The summed E-state index contributed by atoms with van der Waals surface area (Å²) in [4.78, 5) is 11.0. The van der Waals surface area contributed by atoms with Crippen LogP contribution < -0.4 is 5.32 Å². The zero-order chi connectivity index (χ0) is 9.14. The number of hydrogen-bond donors (Lipinski definition) is 2. The maximum atomic E-state index is 11.0. The van der Waals surface area contributed by atoms with E-state index in [9.17, 15) is 4.79 Å². The Bertz CT molecular complexity index is 312. The highest BCUT2D eigenvalue weighted by atomic mass is 35.5. The molecule has 3 nitrogen and oxygen atoms in total. The number of nitrogens with one attached hydrogen (secondary N) is 1. The maximum absolute atomic E-state index is 11.0. The van der Waals surface area contributed by atoms with E-state index in [0.717, 1.165) is 0 Å². The van der Waals surface area contributed by atoms with Crippen LogP contribution >= 0.6 is 11.6 Å². The molecule has 4 heteroatoms. The van der Waals surface area contributed by atoms with Crippen molar-refractivity contribution < 1.29 is 9.90 Å². The van der Waals surface area contributed by atoms with E-state index < -0.39 is 0 Å². The van der Waals surface area contributed by atoms with Crippen LogP contribution in [0.4, 0.5) is 0 Å². The van der Waals surface area contributed by atoms with E-state index in [1.807, 2.05) is 0 Å². The van der Waals surface area contributed by atoms with Gasteiger partial charge in [0.1, 0.15) is 5.75 Å². The Kier molecular flexibility index (Phi) is 2.55. The summed E-state index contributed by atoms with van der Waals surface area (Å²) in [6.45, 7) is 0. The lowest BCUT2D eigenvalue weighted by Crippen LogP contribution is -2.17. The van der Waals surface area contributed by atoms with E-state index in [0.29, 0.717) is 5.56 Å². The first-order chi connectivity index (χ1) is 5.65. The molecule has 0 radical (unpaired) electrons. The number of benzene rings is 1. The lowest BCUT2D eigenvalue weighted by atomic mass is 10.2. The largest absolute Gasteiger partial charge is 0.506 e. The molecule has 64 valence electrons. The summed E-state index contributed by atoms with van der Waals surface area (Å²) < 4.78 is 0. The lowest BCUT2D eigenvalue weighted by Gasteiger charge is -2.00. The predicted octanol–water partition coefficient (Wildman–Crippen LogP) is 1.41. The third kappa shape index (κ3) is 1.68. The second kappa shape index (κ2) is 3.45. The van der Waals surface area contributed by atoms with Gasteiger partial charge in [0.2, 0.25) is 0 Å². The van der Waals surface area contributed by atoms with Crippen LogP contribution in [0, 0.1) is 0 Å². The number of rotatable bonds is 1. The highest BCUT2D eigenvalue weighted by Crippen LogP contribution is 2.23. The van der Waals surface area contributed by atoms with Crippen molar-refractivity contribution in [1.29, 1.82) is 0 Å². The lowest BCUT2D eigenvalue weighted by molar-refractivity contribution is 0.0963. The van der Waals surface area contributed by atoms with E-state index in [-0.39, 0.29) is 16.7 Å². The maximum Gasteiger partial charge on any atom is 0.251 e. The van der Waals surface area contributed by atoms with E-state index >= 15 is 0 Å². The highest BCUT2D eigenvalue weighted by molar-refractivity contribution is 6.32. The van der Waals surface area contributed by atoms with Gasteiger partial charge >= 0.3 is 0 Å². The monoisotopic (exact) mass is 185 g/mol. The first-order valence-corrected chi connectivity index (χ1v) is 3.73. The SMILES string of the molecule is CNC(=O)c1ccc(O)c(Cl)c1. The van der Waals surface area contributed by atoms with Crippen molar-refractivity contribution >= 4 is 17.5 Å². The highest BCUT2D eigenvalue weighted by Gasteiger charge is 2.05. The minimum atomic E-state index is -0.225. The molecule has 1 rings (SSSR count). The molecule has 0 heterocycles. The van der Waals surface area contributed by atoms with Gasteiger partial charge in [-0.3, -0.25) is 4.79 Å². The number of carbonyl (C=O) groups is 1. The zero-order valence-corrected chi connectivity index (χ0v) is 7.22. The molecular formula is C8H8ClNO2. The molecule has 0 fully saturated rings. The van der Waals surface area contributed by atoms with E-state index in [1.165, 1.54) is 25.2 Å². The fourth-order valence-electron chi connectivity index (χ4n) is 0.792. The van der Waals surface area contributed by atoms with Gasteiger partial charge in [-0.25, -0.2) is 0 Å². The predicted molar refractivity (Wildman–Crippen MR) is 46.5 cm³/mol. The van der Waals surface area contributed by atoms with Crippen LogP contribution in [0.25, 0.3) is 0 Å². The molecule has 0 aliphatic heterocycles. The number of halogens is 1. The minimum absolute atomic E-state index is 0.0238. The molecule has 1 aromatic rings. The molecule has 0 aliphatic rings. The Morgan fingerprint density at radius 3 is 2.75 bits per heavy atom. The Morgan fingerprint density at radius 1 is 1.58 bits per heavy atom. The van der Waals surface area contributed by atoms with Crippen LogP contribution in [-0.4, -0.2) is 18.1 Å². The Hall–Kier alpha value is -1.22. The van der Waals surface area contributed by atoms with Gasteiger partial charge in [-0.15, -0.1) is 0 Å². The van der Waals surface area contributed by atoms with Crippen molar-refractivity contribution in [3.63, 3.8) is 0 Å². The molecule has 1 aromatic carbocycles. The number of phenols is 1. The third-order valence-corrected chi connectivity index (χ3v) is 1.74. The summed E-state index contributed by atoms with van der Waals surface area (Å²) in [5.74, 6) is -0.249. The second-order valence-electron chi connectivity index (χ2n) is 2.25. The van der Waals surface area contributed by atoms with E-state index in [1.54, 1.807) is 0 Å². The molecular weight excluding hydrogens is 178 g/mol. The van der Waals surface area contributed by atoms with E-state index in [2.05, 4.69) is 5.32 Å². The average molecular weight is 186 g/mol. The molecule has 0 unspecified atom stereocenters. The van der Waals surface area contributed by atoms with Crippen LogP contribution in [0.3, 0.4) is 0 Å². The molecule has 0 spiro atoms. The van der Waals surface area contributed by atoms with Crippen molar-refractivity contribution in [2.24, 2.45) is 0 Å². The van der Waals surface area contributed by atoms with Crippen LogP contribution in [0.5, 0.6) is 5.75 Å². The van der Waals surface area contributed by atoms with Crippen LogP contribution in [0.2, 0.25) is 5.02 Å². The van der Waals surface area contributed by atoms with Gasteiger partial charge in [0.05, 0.1) is 5.02 Å². The zero-order valence-electron chi connectivity index (χ0n) is 6.47. The van der Waals surface area contributed by atoms with Gasteiger partial charge in [0.25, 0.3) is 5.91 Å². The minimum Gasteiger partial charge on any atom is -0.506 e. The van der Waals surface area contributed by atoms with Crippen LogP contribution in [-0.2, 0) is 0 Å². The first-order valence-electron chi connectivity index (χ1n) is 3.35. The smallest absolute Gasteiger partial charge is 0.251 e. The van der Waals surface area contributed by atoms with Crippen molar-refractivity contribution in [3.05, 3.63) is 28.8 Å². The molecule has 1 amide bonds. The van der Waals surface area contributed by atoms with E-state index in [4.69, 9.17) is 16.7 Å². The Labute approximate surface area is 75.0 Å². The fraction of sp³-hybridized carbons (Fsp3) is 0.125. The fourth-order valence-corrected chi connectivity index (χ4v) is 0.973. The van der Waals surface area contributed by atoms with Crippen molar-refractivity contribution in [1.82, 2.24) is 5.32 Å². The topological polar surface area (TPSA) is 49.3 Å². The average Bonchev–Trinajstić information content (AvgIpc) is 2.08.